The molecule has 0 N–H and O–H groups in total. The van der Waals surface area contributed by atoms with E-state index in [-0.39, 0.29) is 29.9 Å². The molecule has 28 heavy (non-hydrogen) atoms. The Labute approximate surface area is 194 Å². The van der Waals surface area contributed by atoms with Crippen LogP contribution >= 0.6 is 0 Å². The van der Waals surface area contributed by atoms with Crippen molar-refractivity contribution in [3.8, 4) is 0 Å². The number of carbonyl (C=O) groups excluding carboxylic acids is 1. The van der Waals surface area contributed by atoms with Crippen LogP contribution < -0.4 is 24.0 Å². The fourth-order valence-electron chi connectivity index (χ4n) is 3.57. The molecule has 3 nitrogen and oxygen atoms in total. The van der Waals surface area contributed by atoms with Gasteiger partial charge in [-0.2, -0.15) is 0 Å². The minimum Gasteiger partial charge on any atom is -1.00 e. The number of esters is 1. The SMILES string of the molecule is CCCCCCCCCCCC[N+](C)(C)CC(=O)OCCCCCCCC.[I-]. The van der Waals surface area contributed by atoms with E-state index in [4.69, 9.17) is 4.74 Å². The predicted octanol–water partition coefficient (Wildman–Crippen LogP) is 3.89. The summed E-state index contributed by atoms with van der Waals surface area (Å²) in [6.45, 7) is 6.69. The molecule has 0 rings (SSSR count). The minimum absolute atomic E-state index is 0. The third-order valence-corrected chi connectivity index (χ3v) is 5.44. The molecule has 0 amide bonds. The van der Waals surface area contributed by atoms with Gasteiger partial charge in [-0.1, -0.05) is 97.3 Å². The van der Waals surface area contributed by atoms with E-state index < -0.39 is 0 Å². The number of likely N-dealkylation sites (N-methyl/N-ethyl adjacent to an activating group) is 1. The fourth-order valence-corrected chi connectivity index (χ4v) is 3.57. The zero-order valence-corrected chi connectivity index (χ0v) is 21.7. The first-order valence-electron chi connectivity index (χ1n) is 12.0. The van der Waals surface area contributed by atoms with Gasteiger partial charge in [-0.05, 0) is 19.3 Å². The Morgan fingerprint density at radius 2 is 1.04 bits per heavy atom. The minimum atomic E-state index is -0.0272. The Bertz CT molecular complexity index is 335. The van der Waals surface area contributed by atoms with E-state index in [0.717, 1.165) is 17.4 Å². The summed E-state index contributed by atoms with van der Waals surface area (Å²) < 4.78 is 6.19. The summed E-state index contributed by atoms with van der Waals surface area (Å²) in [6.07, 6.45) is 21.0. The molecular formula is C24H50INO2. The second-order valence-corrected chi connectivity index (χ2v) is 8.99. The molecule has 0 saturated heterocycles. The molecule has 0 aliphatic heterocycles. The van der Waals surface area contributed by atoms with Gasteiger partial charge in [0, 0.05) is 0 Å². The number of ether oxygens (including phenoxy) is 1. The van der Waals surface area contributed by atoms with Gasteiger partial charge >= 0.3 is 5.97 Å². The molecule has 0 aliphatic rings. The Balaban J connectivity index is 0. The van der Waals surface area contributed by atoms with Crippen molar-refractivity contribution in [3.05, 3.63) is 0 Å². The van der Waals surface area contributed by atoms with Crippen LogP contribution in [0.2, 0.25) is 0 Å². The van der Waals surface area contributed by atoms with E-state index in [9.17, 15) is 4.79 Å². The summed E-state index contributed by atoms with van der Waals surface area (Å²) in [5, 5.41) is 0. The molecule has 0 radical (unpaired) electrons. The van der Waals surface area contributed by atoms with E-state index in [0.29, 0.717) is 13.2 Å². The summed E-state index contributed by atoms with van der Waals surface area (Å²) in [5.74, 6) is -0.0272. The summed E-state index contributed by atoms with van der Waals surface area (Å²) in [6, 6.07) is 0. The molecule has 0 aromatic carbocycles. The molecule has 4 heteroatoms. The highest BCUT2D eigenvalue weighted by atomic mass is 127. The fraction of sp³-hybridized carbons (Fsp3) is 0.958. The lowest BCUT2D eigenvalue weighted by Gasteiger charge is -2.28. The van der Waals surface area contributed by atoms with E-state index in [1.165, 1.54) is 96.3 Å². The van der Waals surface area contributed by atoms with Crippen LogP contribution in [0.5, 0.6) is 0 Å². The van der Waals surface area contributed by atoms with Crippen molar-refractivity contribution in [2.24, 2.45) is 0 Å². The van der Waals surface area contributed by atoms with Gasteiger partial charge in [0.25, 0.3) is 0 Å². The standard InChI is InChI=1S/C24H50NO2.HI/c1-5-7-9-11-13-14-15-16-17-19-21-25(3,4)23-24(26)27-22-20-18-12-10-8-6-2;/h5-23H2,1-4H3;1H/q+1;/p-1. The monoisotopic (exact) mass is 511 g/mol. The molecule has 0 bridgehead atoms. The Kier molecular flexibility index (Phi) is 23.7. The molecule has 0 atom stereocenters. The van der Waals surface area contributed by atoms with E-state index in [1.807, 2.05) is 0 Å². The number of halogens is 1. The van der Waals surface area contributed by atoms with Crippen molar-refractivity contribution < 1.29 is 38.0 Å². The third-order valence-electron chi connectivity index (χ3n) is 5.44. The van der Waals surface area contributed by atoms with Gasteiger partial charge in [-0.25, -0.2) is 4.79 Å². The number of quaternary nitrogens is 1. The van der Waals surface area contributed by atoms with Crippen LogP contribution in [-0.4, -0.2) is 44.2 Å². The van der Waals surface area contributed by atoms with Crippen LogP contribution in [0, 0.1) is 0 Å². The van der Waals surface area contributed by atoms with Gasteiger partial charge in [-0.15, -0.1) is 0 Å². The summed E-state index contributed by atoms with van der Waals surface area (Å²) in [4.78, 5) is 12.0. The third kappa shape index (κ3) is 22.4. The molecule has 0 aliphatic carbocycles. The number of nitrogens with zero attached hydrogens (tertiary/aromatic N) is 1. The number of unbranched alkanes of at least 4 members (excludes halogenated alkanes) is 14. The highest BCUT2D eigenvalue weighted by Crippen LogP contribution is 2.12. The van der Waals surface area contributed by atoms with Crippen molar-refractivity contribution in [2.75, 3.05) is 33.8 Å². The maximum Gasteiger partial charge on any atom is 0.361 e. The summed E-state index contributed by atoms with van der Waals surface area (Å²) in [5.41, 5.74) is 0. The van der Waals surface area contributed by atoms with Crippen LogP contribution in [0.15, 0.2) is 0 Å². The first kappa shape index (κ1) is 30.4. The number of carbonyl (C=O) groups is 1. The number of hydrogen-bond acceptors (Lipinski definition) is 2. The van der Waals surface area contributed by atoms with Crippen molar-refractivity contribution in [2.45, 2.75) is 117 Å². The molecule has 0 aromatic rings. The molecule has 0 fully saturated rings. The Morgan fingerprint density at radius 1 is 0.643 bits per heavy atom. The summed E-state index contributed by atoms with van der Waals surface area (Å²) >= 11 is 0. The molecule has 0 aromatic heterocycles. The highest BCUT2D eigenvalue weighted by Gasteiger charge is 2.20. The van der Waals surface area contributed by atoms with Crippen molar-refractivity contribution >= 4 is 5.97 Å². The van der Waals surface area contributed by atoms with Crippen LogP contribution in [0.3, 0.4) is 0 Å². The lowest BCUT2D eigenvalue weighted by molar-refractivity contribution is -0.883. The smallest absolute Gasteiger partial charge is 0.361 e. The van der Waals surface area contributed by atoms with Gasteiger partial charge in [0.15, 0.2) is 6.54 Å². The molecule has 0 spiro atoms. The van der Waals surface area contributed by atoms with E-state index >= 15 is 0 Å². The zero-order valence-electron chi connectivity index (χ0n) is 19.6. The van der Waals surface area contributed by atoms with Gasteiger partial charge in [-0.3, -0.25) is 0 Å². The second kappa shape index (κ2) is 21.9. The maximum absolute atomic E-state index is 12.0. The van der Waals surface area contributed by atoms with Gasteiger partial charge < -0.3 is 33.2 Å². The average Bonchev–Trinajstić information content (AvgIpc) is 2.62. The molecule has 0 heterocycles. The maximum atomic E-state index is 12.0. The van der Waals surface area contributed by atoms with E-state index in [2.05, 4.69) is 27.9 Å². The van der Waals surface area contributed by atoms with Gasteiger partial charge in [0.2, 0.25) is 0 Å². The normalized spacial score (nSPS) is 11.3. The quantitative estimate of drug-likeness (QED) is 0.107. The van der Waals surface area contributed by atoms with Crippen LogP contribution in [0.4, 0.5) is 0 Å². The Hall–Kier alpha value is 0.160. The van der Waals surface area contributed by atoms with Gasteiger partial charge in [0.1, 0.15) is 0 Å². The summed E-state index contributed by atoms with van der Waals surface area (Å²) in [7, 11) is 4.31. The topological polar surface area (TPSA) is 26.3 Å². The predicted molar refractivity (Wildman–Crippen MR) is 118 cm³/mol. The van der Waals surface area contributed by atoms with Crippen molar-refractivity contribution in [3.63, 3.8) is 0 Å². The molecule has 0 unspecified atom stereocenters. The number of rotatable bonds is 20. The lowest BCUT2D eigenvalue weighted by Crippen LogP contribution is -3.00. The highest BCUT2D eigenvalue weighted by molar-refractivity contribution is 5.70. The first-order valence-corrected chi connectivity index (χ1v) is 12.0. The second-order valence-electron chi connectivity index (χ2n) is 8.99. The lowest BCUT2D eigenvalue weighted by atomic mass is 10.1. The van der Waals surface area contributed by atoms with Crippen LogP contribution in [0.25, 0.3) is 0 Å². The van der Waals surface area contributed by atoms with Crippen LogP contribution in [-0.2, 0) is 9.53 Å². The van der Waals surface area contributed by atoms with Crippen molar-refractivity contribution in [1.29, 1.82) is 0 Å². The van der Waals surface area contributed by atoms with E-state index in [1.54, 1.807) is 0 Å². The Morgan fingerprint density at radius 3 is 1.50 bits per heavy atom. The first-order chi connectivity index (χ1) is 13.0. The average molecular weight is 512 g/mol. The number of hydrogen-bond donors (Lipinski definition) is 0. The largest absolute Gasteiger partial charge is 1.00 e. The van der Waals surface area contributed by atoms with Crippen LogP contribution in [0.1, 0.15) is 117 Å². The van der Waals surface area contributed by atoms with Crippen molar-refractivity contribution in [1.82, 2.24) is 0 Å². The molecule has 170 valence electrons. The molecule has 0 saturated carbocycles. The molecular weight excluding hydrogens is 461 g/mol. The van der Waals surface area contributed by atoms with Gasteiger partial charge in [0.05, 0.1) is 27.2 Å². The zero-order chi connectivity index (χ0) is 20.2.